The molecule has 106 valence electrons. The third-order valence-corrected chi connectivity index (χ3v) is 4.07. The molecule has 1 aromatic carbocycles. The zero-order chi connectivity index (χ0) is 14.5. The molecule has 0 amide bonds. The van der Waals surface area contributed by atoms with Crippen LogP contribution in [0.1, 0.15) is 29.7 Å². The highest BCUT2D eigenvalue weighted by Gasteiger charge is 2.14. The van der Waals surface area contributed by atoms with E-state index in [1.165, 1.54) is 11.1 Å². The summed E-state index contributed by atoms with van der Waals surface area (Å²) in [5.41, 5.74) is 3.53. The quantitative estimate of drug-likeness (QED) is 0.901. The van der Waals surface area contributed by atoms with Gasteiger partial charge >= 0.3 is 0 Å². The predicted octanol–water partition coefficient (Wildman–Crippen LogP) is 3.86. The topological polar surface area (TPSA) is 34.1 Å². The molecule has 0 aliphatic rings. The number of rotatable bonds is 5. The van der Waals surface area contributed by atoms with E-state index in [2.05, 4.69) is 51.4 Å². The van der Waals surface area contributed by atoms with Crippen molar-refractivity contribution in [2.24, 2.45) is 0 Å². The number of halogens is 1. The lowest BCUT2D eigenvalue weighted by Crippen LogP contribution is -2.18. The highest BCUT2D eigenvalue weighted by molar-refractivity contribution is 9.10. The van der Waals surface area contributed by atoms with Gasteiger partial charge in [-0.3, -0.25) is 4.98 Å². The fourth-order valence-corrected chi connectivity index (χ4v) is 2.46. The number of hydrogen-bond donors (Lipinski definition) is 1. The minimum absolute atomic E-state index is 0.106. The summed E-state index contributed by atoms with van der Waals surface area (Å²) in [5, 5.41) is 3.34. The molecule has 0 saturated carbocycles. The maximum atomic E-state index is 5.52. The van der Waals surface area contributed by atoms with E-state index in [-0.39, 0.29) is 6.04 Å². The molecule has 20 heavy (non-hydrogen) atoms. The van der Waals surface area contributed by atoms with Crippen molar-refractivity contribution in [1.82, 2.24) is 10.3 Å². The van der Waals surface area contributed by atoms with Gasteiger partial charge in [-0.05, 0) is 49.7 Å². The van der Waals surface area contributed by atoms with Gasteiger partial charge in [-0.2, -0.15) is 0 Å². The highest BCUT2D eigenvalue weighted by atomic mass is 79.9. The van der Waals surface area contributed by atoms with E-state index in [0.29, 0.717) is 6.61 Å². The fraction of sp³-hybridized carbons (Fsp3) is 0.312. The summed E-state index contributed by atoms with van der Waals surface area (Å²) in [6.45, 7) is 4.71. The first-order valence-electron chi connectivity index (χ1n) is 6.66. The number of nitrogens with zero attached hydrogens (tertiary/aromatic N) is 1. The van der Waals surface area contributed by atoms with Gasteiger partial charge in [-0.25, -0.2) is 0 Å². The molecule has 1 unspecified atom stereocenters. The molecule has 2 aromatic rings. The van der Waals surface area contributed by atoms with Gasteiger partial charge in [0.05, 0.1) is 18.8 Å². The summed E-state index contributed by atoms with van der Waals surface area (Å²) in [4.78, 5) is 4.26. The van der Waals surface area contributed by atoms with Gasteiger partial charge in [0.1, 0.15) is 5.75 Å². The standard InChI is InChI=1S/C16H19BrN2O/c1-4-20-14-8-13(9-19-10-14)16(18-3)12-5-6-15(17)11(2)7-12/h5-10,16,18H,4H2,1-3H3. The molecule has 1 atom stereocenters. The zero-order valence-electron chi connectivity index (χ0n) is 12.0. The van der Waals surface area contributed by atoms with Crippen molar-refractivity contribution in [2.75, 3.05) is 13.7 Å². The van der Waals surface area contributed by atoms with E-state index in [1.807, 2.05) is 26.2 Å². The molecule has 1 heterocycles. The van der Waals surface area contributed by atoms with E-state index < -0.39 is 0 Å². The van der Waals surface area contributed by atoms with E-state index >= 15 is 0 Å². The molecule has 4 heteroatoms. The summed E-state index contributed by atoms with van der Waals surface area (Å²) < 4.78 is 6.64. The van der Waals surface area contributed by atoms with Crippen LogP contribution in [-0.2, 0) is 0 Å². The van der Waals surface area contributed by atoms with Crippen molar-refractivity contribution in [3.05, 3.63) is 57.8 Å². The molecule has 2 rings (SSSR count). The Kier molecular flexibility index (Phi) is 5.15. The molecule has 1 aromatic heterocycles. The molecule has 3 nitrogen and oxygen atoms in total. The lowest BCUT2D eigenvalue weighted by atomic mass is 9.99. The second-order valence-electron chi connectivity index (χ2n) is 4.62. The molecule has 0 spiro atoms. The van der Waals surface area contributed by atoms with Crippen LogP contribution in [-0.4, -0.2) is 18.6 Å². The van der Waals surface area contributed by atoms with Crippen molar-refractivity contribution in [3.8, 4) is 5.75 Å². The number of aromatic nitrogens is 1. The van der Waals surface area contributed by atoms with Gasteiger partial charge in [0.25, 0.3) is 0 Å². The maximum absolute atomic E-state index is 5.52. The van der Waals surface area contributed by atoms with Crippen molar-refractivity contribution < 1.29 is 4.74 Å². The van der Waals surface area contributed by atoms with Gasteiger partial charge in [-0.1, -0.05) is 28.1 Å². The number of pyridine rings is 1. The second-order valence-corrected chi connectivity index (χ2v) is 5.47. The van der Waals surface area contributed by atoms with Gasteiger partial charge in [0.15, 0.2) is 0 Å². The first-order chi connectivity index (χ1) is 9.65. The van der Waals surface area contributed by atoms with E-state index in [9.17, 15) is 0 Å². The Morgan fingerprint density at radius 3 is 2.70 bits per heavy atom. The molecule has 0 saturated heterocycles. The van der Waals surface area contributed by atoms with Gasteiger partial charge in [0, 0.05) is 10.7 Å². The SMILES string of the molecule is CCOc1cncc(C(NC)c2ccc(Br)c(C)c2)c1. The summed E-state index contributed by atoms with van der Waals surface area (Å²) in [5.74, 6) is 0.805. The van der Waals surface area contributed by atoms with Crippen molar-refractivity contribution in [3.63, 3.8) is 0 Å². The van der Waals surface area contributed by atoms with Crippen molar-refractivity contribution in [1.29, 1.82) is 0 Å². The Hall–Kier alpha value is -1.39. The van der Waals surface area contributed by atoms with E-state index in [0.717, 1.165) is 15.8 Å². The zero-order valence-corrected chi connectivity index (χ0v) is 13.6. The third-order valence-electron chi connectivity index (χ3n) is 3.18. The normalized spacial score (nSPS) is 12.2. The summed E-state index contributed by atoms with van der Waals surface area (Å²) in [6, 6.07) is 8.52. The number of aryl methyl sites for hydroxylation is 1. The van der Waals surface area contributed by atoms with Crippen LogP contribution < -0.4 is 10.1 Å². The van der Waals surface area contributed by atoms with Crippen LogP contribution in [0.2, 0.25) is 0 Å². The van der Waals surface area contributed by atoms with Crippen LogP contribution in [0, 0.1) is 6.92 Å². The molecular weight excluding hydrogens is 316 g/mol. The summed E-state index contributed by atoms with van der Waals surface area (Å²) >= 11 is 3.54. The summed E-state index contributed by atoms with van der Waals surface area (Å²) in [7, 11) is 1.95. The van der Waals surface area contributed by atoms with Crippen LogP contribution in [0.25, 0.3) is 0 Å². The number of hydrogen-bond acceptors (Lipinski definition) is 3. The minimum atomic E-state index is 0.106. The second kappa shape index (κ2) is 6.86. The number of nitrogens with one attached hydrogen (secondary N) is 1. The largest absolute Gasteiger partial charge is 0.492 e. The molecule has 0 fully saturated rings. The Labute approximate surface area is 128 Å². The smallest absolute Gasteiger partial charge is 0.137 e. The molecule has 0 radical (unpaired) electrons. The summed E-state index contributed by atoms with van der Waals surface area (Å²) in [6.07, 6.45) is 3.62. The van der Waals surface area contributed by atoms with Crippen LogP contribution in [0.4, 0.5) is 0 Å². The highest BCUT2D eigenvalue weighted by Crippen LogP contribution is 2.27. The third kappa shape index (κ3) is 3.38. The first-order valence-corrected chi connectivity index (χ1v) is 7.46. The monoisotopic (exact) mass is 334 g/mol. The number of ether oxygens (including phenoxy) is 1. The Balaban J connectivity index is 2.36. The van der Waals surface area contributed by atoms with Crippen molar-refractivity contribution in [2.45, 2.75) is 19.9 Å². The lowest BCUT2D eigenvalue weighted by Gasteiger charge is -2.18. The van der Waals surface area contributed by atoms with Crippen molar-refractivity contribution >= 4 is 15.9 Å². The van der Waals surface area contributed by atoms with E-state index in [4.69, 9.17) is 4.74 Å². The van der Waals surface area contributed by atoms with Gasteiger partial charge in [-0.15, -0.1) is 0 Å². The number of benzene rings is 1. The average Bonchev–Trinajstić information content (AvgIpc) is 2.44. The predicted molar refractivity (Wildman–Crippen MR) is 85.2 cm³/mol. The molecule has 0 bridgehead atoms. The molecule has 0 aliphatic carbocycles. The fourth-order valence-electron chi connectivity index (χ4n) is 2.21. The van der Waals surface area contributed by atoms with Crippen LogP contribution in [0.5, 0.6) is 5.75 Å². The maximum Gasteiger partial charge on any atom is 0.137 e. The average molecular weight is 335 g/mol. The van der Waals surface area contributed by atoms with Crippen LogP contribution in [0.3, 0.4) is 0 Å². The molecule has 1 N–H and O–H groups in total. The Morgan fingerprint density at radius 1 is 1.25 bits per heavy atom. The first kappa shape index (κ1) is 15.0. The Morgan fingerprint density at radius 2 is 2.05 bits per heavy atom. The van der Waals surface area contributed by atoms with Crippen LogP contribution >= 0.6 is 15.9 Å². The van der Waals surface area contributed by atoms with Crippen LogP contribution in [0.15, 0.2) is 41.1 Å². The molecular formula is C16H19BrN2O. The van der Waals surface area contributed by atoms with Gasteiger partial charge in [0.2, 0.25) is 0 Å². The Bertz CT molecular complexity index is 586. The van der Waals surface area contributed by atoms with E-state index in [1.54, 1.807) is 6.20 Å². The van der Waals surface area contributed by atoms with Gasteiger partial charge < -0.3 is 10.1 Å². The lowest BCUT2D eigenvalue weighted by molar-refractivity contribution is 0.338. The minimum Gasteiger partial charge on any atom is -0.492 e. The molecule has 0 aliphatic heterocycles.